The van der Waals surface area contributed by atoms with Crippen LogP contribution in [0.5, 0.6) is 0 Å². The van der Waals surface area contributed by atoms with Gasteiger partial charge < -0.3 is 26.6 Å². The first-order valence-corrected chi connectivity index (χ1v) is 9.43. The summed E-state index contributed by atoms with van der Waals surface area (Å²) in [5.41, 5.74) is 13.3. The second kappa shape index (κ2) is 7.84. The quantitative estimate of drug-likeness (QED) is 0.603. The molecule has 2 unspecified atom stereocenters. The second-order valence-electron chi connectivity index (χ2n) is 7.57. The topological polar surface area (TPSA) is 124 Å². The van der Waals surface area contributed by atoms with Crippen molar-refractivity contribution in [2.45, 2.75) is 49.9 Å². The molecule has 1 spiro atoms. The fourth-order valence-corrected chi connectivity index (χ4v) is 4.08. The van der Waals surface area contributed by atoms with Gasteiger partial charge in [0.1, 0.15) is 5.66 Å². The van der Waals surface area contributed by atoms with Crippen molar-refractivity contribution in [1.29, 1.82) is 0 Å². The van der Waals surface area contributed by atoms with Crippen LogP contribution in [0.3, 0.4) is 0 Å². The number of hydrogen-bond donors (Lipinski definition) is 4. The molecule has 0 amide bonds. The van der Waals surface area contributed by atoms with Gasteiger partial charge in [0, 0.05) is 5.69 Å². The number of nitrogens with zero attached hydrogens (tertiary/aromatic N) is 4. The van der Waals surface area contributed by atoms with Crippen molar-refractivity contribution in [1.82, 2.24) is 4.90 Å². The molecule has 0 radical (unpaired) electrons. The molecule has 27 heavy (non-hydrogen) atoms. The summed E-state index contributed by atoms with van der Waals surface area (Å²) in [5.74, 6) is 0.577. The third kappa shape index (κ3) is 3.78. The van der Waals surface area contributed by atoms with Gasteiger partial charge in [-0.05, 0) is 57.5 Å². The Hall–Kier alpha value is -2.16. The lowest BCUT2D eigenvalue weighted by Gasteiger charge is -2.45. The number of aliphatic hydroxyl groups is 2. The van der Waals surface area contributed by atoms with Gasteiger partial charge in [-0.1, -0.05) is 18.6 Å². The summed E-state index contributed by atoms with van der Waals surface area (Å²) in [5, 5.41) is 20.1. The molecule has 6 N–H and O–H groups in total. The molecule has 1 heterocycles. The zero-order chi connectivity index (χ0) is 19.6. The first kappa shape index (κ1) is 19.6. The predicted molar refractivity (Wildman–Crippen MR) is 108 cm³/mol. The van der Waals surface area contributed by atoms with E-state index in [0.29, 0.717) is 5.96 Å². The van der Waals surface area contributed by atoms with Crippen LogP contribution in [0, 0.1) is 0 Å². The van der Waals surface area contributed by atoms with Crippen molar-refractivity contribution >= 4 is 17.6 Å². The minimum atomic E-state index is -0.788. The molecule has 1 aliphatic carbocycles. The van der Waals surface area contributed by atoms with Crippen LogP contribution in [0.4, 0.5) is 5.69 Å². The van der Waals surface area contributed by atoms with Crippen molar-refractivity contribution < 1.29 is 10.2 Å². The molecular formula is C19H30N6O2. The van der Waals surface area contributed by atoms with Gasteiger partial charge in [0.25, 0.3) is 0 Å². The fourth-order valence-electron chi connectivity index (χ4n) is 4.08. The monoisotopic (exact) mass is 374 g/mol. The molecule has 3 rings (SSSR count). The highest BCUT2D eigenvalue weighted by atomic mass is 16.3. The average Bonchev–Trinajstić information content (AvgIpc) is 2.62. The standard InChI is InChI=1S/C19H30N6O2/c1-24(2)15(12-26)16(27)13-6-8-14(9-7-13)25-18(21)22-17(20)23-19(25)10-4-3-5-11-19/h6-9,15-16,26-27H,3-5,10-12H2,1-2H3,(H4,20,21,22,23). The minimum absolute atomic E-state index is 0.126. The Bertz CT molecular complexity index is 709. The highest BCUT2D eigenvalue weighted by Gasteiger charge is 2.42. The Balaban J connectivity index is 1.90. The molecule has 8 heteroatoms. The number of rotatable bonds is 5. The number of aliphatic hydroxyl groups excluding tert-OH is 2. The van der Waals surface area contributed by atoms with Crippen molar-refractivity contribution in [3.05, 3.63) is 29.8 Å². The van der Waals surface area contributed by atoms with E-state index < -0.39 is 11.8 Å². The number of anilines is 1. The van der Waals surface area contributed by atoms with Gasteiger partial charge in [0.2, 0.25) is 11.9 Å². The van der Waals surface area contributed by atoms with Crippen molar-refractivity contribution in [3.8, 4) is 0 Å². The Kier molecular flexibility index (Phi) is 5.69. The molecule has 1 saturated carbocycles. The first-order valence-electron chi connectivity index (χ1n) is 9.43. The van der Waals surface area contributed by atoms with Crippen LogP contribution in [0.15, 0.2) is 34.3 Å². The van der Waals surface area contributed by atoms with Crippen LogP contribution < -0.4 is 16.4 Å². The summed E-state index contributed by atoms with van der Waals surface area (Å²) < 4.78 is 0. The van der Waals surface area contributed by atoms with Crippen LogP contribution in [0.1, 0.15) is 43.8 Å². The maximum atomic E-state index is 10.6. The van der Waals surface area contributed by atoms with E-state index in [1.807, 2.05) is 48.2 Å². The van der Waals surface area contributed by atoms with E-state index in [4.69, 9.17) is 11.5 Å². The number of hydrogen-bond acceptors (Lipinski definition) is 8. The van der Waals surface area contributed by atoms with Gasteiger partial charge in [-0.2, -0.15) is 4.99 Å². The highest BCUT2D eigenvalue weighted by Crippen LogP contribution is 2.39. The molecule has 2 atom stereocenters. The molecule has 8 nitrogen and oxygen atoms in total. The smallest absolute Gasteiger partial charge is 0.220 e. The number of nitrogens with two attached hydrogens (primary N) is 2. The Morgan fingerprint density at radius 3 is 2.33 bits per heavy atom. The van der Waals surface area contributed by atoms with E-state index in [1.165, 1.54) is 6.42 Å². The molecule has 0 bridgehead atoms. The molecular weight excluding hydrogens is 344 g/mol. The van der Waals surface area contributed by atoms with Crippen molar-refractivity contribution in [2.24, 2.45) is 21.5 Å². The van der Waals surface area contributed by atoms with E-state index in [9.17, 15) is 10.2 Å². The number of benzene rings is 1. The maximum Gasteiger partial charge on any atom is 0.220 e. The van der Waals surface area contributed by atoms with E-state index >= 15 is 0 Å². The minimum Gasteiger partial charge on any atom is -0.395 e. The third-order valence-electron chi connectivity index (χ3n) is 5.56. The van der Waals surface area contributed by atoms with Crippen LogP contribution in [-0.2, 0) is 0 Å². The molecule has 1 aromatic carbocycles. The average molecular weight is 374 g/mol. The Morgan fingerprint density at radius 1 is 1.15 bits per heavy atom. The normalized spacial score (nSPS) is 21.7. The molecule has 1 aliphatic heterocycles. The van der Waals surface area contributed by atoms with Gasteiger partial charge in [0.15, 0.2) is 0 Å². The van der Waals surface area contributed by atoms with E-state index in [-0.39, 0.29) is 18.6 Å². The Labute approximate surface area is 160 Å². The van der Waals surface area contributed by atoms with E-state index in [0.717, 1.165) is 36.9 Å². The summed E-state index contributed by atoms with van der Waals surface area (Å²) >= 11 is 0. The lowest BCUT2D eigenvalue weighted by molar-refractivity contribution is 0.0390. The third-order valence-corrected chi connectivity index (χ3v) is 5.56. The summed E-state index contributed by atoms with van der Waals surface area (Å²) in [7, 11) is 3.66. The molecule has 1 fully saturated rings. The SMILES string of the molecule is CN(C)C(CO)C(O)c1ccc(N2C(N)=NC(N)=NC23CCCCC3)cc1. The van der Waals surface area contributed by atoms with Gasteiger partial charge in [-0.3, -0.25) is 4.90 Å². The lowest BCUT2D eigenvalue weighted by atomic mass is 9.87. The second-order valence-corrected chi connectivity index (χ2v) is 7.57. The molecule has 1 aromatic rings. The van der Waals surface area contributed by atoms with Gasteiger partial charge in [-0.15, -0.1) is 0 Å². The van der Waals surface area contributed by atoms with Crippen LogP contribution in [0.2, 0.25) is 0 Å². The van der Waals surface area contributed by atoms with Crippen LogP contribution >= 0.6 is 0 Å². The van der Waals surface area contributed by atoms with Gasteiger partial charge >= 0.3 is 0 Å². The largest absolute Gasteiger partial charge is 0.395 e. The molecule has 0 aromatic heterocycles. The highest BCUT2D eigenvalue weighted by molar-refractivity contribution is 6.05. The zero-order valence-electron chi connectivity index (χ0n) is 16.0. The first-order chi connectivity index (χ1) is 12.9. The maximum absolute atomic E-state index is 10.6. The van der Waals surface area contributed by atoms with Crippen LogP contribution in [0.25, 0.3) is 0 Å². The molecule has 0 saturated heterocycles. The van der Waals surface area contributed by atoms with Crippen LogP contribution in [-0.4, -0.2) is 59.4 Å². The number of likely N-dealkylation sites (N-methyl/N-ethyl adjacent to an activating group) is 1. The zero-order valence-corrected chi connectivity index (χ0v) is 16.0. The molecule has 148 valence electrons. The van der Waals surface area contributed by atoms with E-state index in [1.54, 1.807) is 0 Å². The van der Waals surface area contributed by atoms with Gasteiger partial charge in [-0.25, -0.2) is 4.99 Å². The summed E-state index contributed by atoms with van der Waals surface area (Å²) in [6.07, 6.45) is 4.28. The fraction of sp³-hybridized carbons (Fsp3) is 0.579. The summed E-state index contributed by atoms with van der Waals surface area (Å²) in [6, 6.07) is 7.18. The Morgan fingerprint density at radius 2 is 1.78 bits per heavy atom. The van der Waals surface area contributed by atoms with Crippen molar-refractivity contribution in [2.75, 3.05) is 25.6 Å². The summed E-state index contributed by atoms with van der Waals surface area (Å²) in [4.78, 5) is 12.6. The van der Waals surface area contributed by atoms with Crippen molar-refractivity contribution in [3.63, 3.8) is 0 Å². The number of aliphatic imine (C=N–C) groups is 2. The van der Waals surface area contributed by atoms with E-state index in [2.05, 4.69) is 9.98 Å². The van der Waals surface area contributed by atoms with Gasteiger partial charge in [0.05, 0.1) is 18.8 Å². The lowest BCUT2D eigenvalue weighted by Crippen LogP contribution is -2.58. The summed E-state index contributed by atoms with van der Waals surface area (Å²) in [6.45, 7) is -0.126. The number of guanidine groups is 2. The predicted octanol–water partition coefficient (Wildman–Crippen LogP) is 0.752. The molecule has 2 aliphatic rings.